The van der Waals surface area contributed by atoms with Crippen LogP contribution in [-0.4, -0.2) is 24.9 Å². The lowest BCUT2D eigenvalue weighted by molar-refractivity contribution is -0.123. The summed E-state index contributed by atoms with van der Waals surface area (Å²) in [6, 6.07) is 18.7. The van der Waals surface area contributed by atoms with Crippen LogP contribution in [0, 0.1) is 0 Å². The Morgan fingerprint density at radius 3 is 1.95 bits per heavy atom. The lowest BCUT2D eigenvalue weighted by atomic mass is 9.96. The van der Waals surface area contributed by atoms with Crippen LogP contribution in [0.15, 0.2) is 60.7 Å². The van der Waals surface area contributed by atoms with E-state index in [0.717, 1.165) is 5.56 Å². The van der Waals surface area contributed by atoms with Crippen LogP contribution in [0.3, 0.4) is 0 Å². The summed E-state index contributed by atoms with van der Waals surface area (Å²) in [4.78, 5) is 13.4. The second-order valence-electron chi connectivity index (χ2n) is 5.30. The van der Waals surface area contributed by atoms with Crippen molar-refractivity contribution in [3.05, 3.63) is 66.2 Å². The van der Waals surface area contributed by atoms with Crippen molar-refractivity contribution in [2.45, 2.75) is 0 Å². The van der Waals surface area contributed by atoms with Gasteiger partial charge in [-0.05, 0) is 39.3 Å². The number of nitrogens with zero attached hydrogens (tertiary/aromatic N) is 1. The van der Waals surface area contributed by atoms with Gasteiger partial charge in [-0.15, -0.1) is 0 Å². The van der Waals surface area contributed by atoms with Gasteiger partial charge in [0.15, 0.2) is 0 Å². The van der Waals surface area contributed by atoms with E-state index in [-0.39, 0.29) is 5.91 Å². The molecule has 0 aromatic heterocycles. The lowest BCUT2D eigenvalue weighted by Gasteiger charge is -2.09. The van der Waals surface area contributed by atoms with Gasteiger partial charge in [0, 0.05) is 20.2 Å². The minimum atomic E-state index is -0.00739. The number of fused-ring (bicyclic) bond motifs is 2. The molecule has 0 aliphatic rings. The number of benzene rings is 3. The van der Waals surface area contributed by atoms with Crippen molar-refractivity contribution >= 4 is 33.5 Å². The zero-order chi connectivity index (χ0) is 14.8. The van der Waals surface area contributed by atoms with Crippen LogP contribution >= 0.6 is 0 Å². The summed E-state index contributed by atoms with van der Waals surface area (Å²) in [6.07, 6.45) is 3.56. The van der Waals surface area contributed by atoms with Crippen molar-refractivity contribution in [1.82, 2.24) is 4.90 Å². The standard InChI is InChI=1S/C19H17NO/c1-20(2)19(21)12-11-18-16-9-5-3-7-14(16)13-15-8-4-6-10-17(15)18/h3-13H,1-2H3/b12-11+. The maximum atomic E-state index is 11.8. The molecule has 2 nitrogen and oxygen atoms in total. The third kappa shape index (κ3) is 2.52. The van der Waals surface area contributed by atoms with Crippen LogP contribution in [0.4, 0.5) is 0 Å². The lowest BCUT2D eigenvalue weighted by Crippen LogP contribution is -2.18. The van der Waals surface area contributed by atoms with Gasteiger partial charge in [-0.25, -0.2) is 0 Å². The van der Waals surface area contributed by atoms with Gasteiger partial charge in [-0.2, -0.15) is 0 Å². The van der Waals surface area contributed by atoms with E-state index in [0.29, 0.717) is 0 Å². The van der Waals surface area contributed by atoms with Crippen LogP contribution in [0.5, 0.6) is 0 Å². The molecule has 0 fully saturated rings. The quantitative estimate of drug-likeness (QED) is 0.509. The Balaban J connectivity index is 2.28. The molecule has 2 heteroatoms. The second-order valence-corrected chi connectivity index (χ2v) is 5.30. The van der Waals surface area contributed by atoms with E-state index >= 15 is 0 Å². The van der Waals surface area contributed by atoms with Gasteiger partial charge >= 0.3 is 0 Å². The largest absolute Gasteiger partial charge is 0.345 e. The first-order valence-corrected chi connectivity index (χ1v) is 6.96. The highest BCUT2D eigenvalue weighted by Gasteiger charge is 2.05. The summed E-state index contributed by atoms with van der Waals surface area (Å²) >= 11 is 0. The molecule has 3 aromatic rings. The molecule has 0 atom stereocenters. The third-order valence-corrected chi connectivity index (χ3v) is 3.65. The molecule has 0 aliphatic heterocycles. The third-order valence-electron chi connectivity index (χ3n) is 3.65. The Hall–Kier alpha value is -2.61. The zero-order valence-corrected chi connectivity index (χ0v) is 12.2. The average Bonchev–Trinajstić information content (AvgIpc) is 2.51. The predicted molar refractivity (Wildman–Crippen MR) is 89.2 cm³/mol. The summed E-state index contributed by atoms with van der Waals surface area (Å²) in [5.74, 6) is -0.00739. The Bertz CT molecular complexity index is 792. The molecule has 1 amide bonds. The Kier molecular flexibility index (Phi) is 3.44. The van der Waals surface area contributed by atoms with Crippen molar-refractivity contribution in [2.75, 3.05) is 14.1 Å². The number of amides is 1. The van der Waals surface area contributed by atoms with Crippen molar-refractivity contribution < 1.29 is 4.79 Å². The highest BCUT2D eigenvalue weighted by atomic mass is 16.2. The molecule has 0 aliphatic carbocycles. The number of likely N-dealkylation sites (N-methyl/N-ethyl adjacent to an activating group) is 1. The molecule has 3 aromatic carbocycles. The normalized spacial score (nSPS) is 11.3. The van der Waals surface area contributed by atoms with E-state index in [9.17, 15) is 4.79 Å². The van der Waals surface area contributed by atoms with E-state index in [1.807, 2.05) is 30.3 Å². The van der Waals surface area contributed by atoms with E-state index < -0.39 is 0 Å². The van der Waals surface area contributed by atoms with Gasteiger partial charge in [0.2, 0.25) is 5.91 Å². The molecular weight excluding hydrogens is 258 g/mol. The molecule has 0 unspecified atom stereocenters. The fourth-order valence-electron chi connectivity index (χ4n) is 2.53. The SMILES string of the molecule is CN(C)C(=O)/C=C/c1c2ccccc2cc2ccccc12. The van der Waals surface area contributed by atoms with Crippen molar-refractivity contribution in [3.8, 4) is 0 Å². The molecule has 0 N–H and O–H groups in total. The van der Waals surface area contributed by atoms with Gasteiger partial charge in [-0.1, -0.05) is 48.5 Å². The van der Waals surface area contributed by atoms with E-state index in [1.165, 1.54) is 21.5 Å². The van der Waals surface area contributed by atoms with Crippen molar-refractivity contribution in [3.63, 3.8) is 0 Å². The fraction of sp³-hybridized carbons (Fsp3) is 0.105. The van der Waals surface area contributed by atoms with Gasteiger partial charge in [0.1, 0.15) is 0 Å². The zero-order valence-electron chi connectivity index (χ0n) is 12.2. The smallest absolute Gasteiger partial charge is 0.246 e. The van der Waals surface area contributed by atoms with Crippen LogP contribution < -0.4 is 0 Å². The molecule has 3 rings (SSSR count). The van der Waals surface area contributed by atoms with E-state index in [1.54, 1.807) is 25.1 Å². The molecule has 0 saturated heterocycles. The highest BCUT2D eigenvalue weighted by molar-refractivity contribution is 6.08. The Morgan fingerprint density at radius 2 is 1.43 bits per heavy atom. The maximum absolute atomic E-state index is 11.8. The first-order valence-electron chi connectivity index (χ1n) is 6.96. The van der Waals surface area contributed by atoms with E-state index in [4.69, 9.17) is 0 Å². The number of carbonyl (C=O) groups is 1. The fourth-order valence-corrected chi connectivity index (χ4v) is 2.53. The van der Waals surface area contributed by atoms with Crippen LogP contribution in [0.2, 0.25) is 0 Å². The van der Waals surface area contributed by atoms with E-state index in [2.05, 4.69) is 30.3 Å². The molecule has 0 saturated carbocycles. The molecule has 0 bridgehead atoms. The van der Waals surface area contributed by atoms with Crippen molar-refractivity contribution in [1.29, 1.82) is 0 Å². The summed E-state index contributed by atoms with van der Waals surface area (Å²) in [5.41, 5.74) is 1.10. The molecule has 0 heterocycles. The molecule has 0 radical (unpaired) electrons. The predicted octanol–water partition coefficient (Wildman–Crippen LogP) is 4.09. The van der Waals surface area contributed by atoms with Gasteiger partial charge < -0.3 is 4.90 Å². The molecule has 21 heavy (non-hydrogen) atoms. The Morgan fingerprint density at radius 1 is 0.905 bits per heavy atom. The van der Waals surface area contributed by atoms with Gasteiger partial charge in [-0.3, -0.25) is 4.79 Å². The van der Waals surface area contributed by atoms with Gasteiger partial charge in [0.05, 0.1) is 0 Å². The van der Waals surface area contributed by atoms with Crippen LogP contribution in [0.25, 0.3) is 27.6 Å². The molecule has 0 spiro atoms. The van der Waals surface area contributed by atoms with Crippen LogP contribution in [0.1, 0.15) is 5.56 Å². The minimum absolute atomic E-state index is 0.00739. The first-order chi connectivity index (χ1) is 10.2. The average molecular weight is 275 g/mol. The molecular formula is C19H17NO. The number of hydrogen-bond donors (Lipinski definition) is 0. The summed E-state index contributed by atoms with van der Waals surface area (Å²) in [6.45, 7) is 0. The summed E-state index contributed by atoms with van der Waals surface area (Å²) in [5, 5.41) is 4.71. The minimum Gasteiger partial charge on any atom is -0.345 e. The second kappa shape index (κ2) is 5.41. The number of carbonyl (C=O) groups excluding carboxylic acids is 1. The highest BCUT2D eigenvalue weighted by Crippen LogP contribution is 2.29. The first kappa shape index (κ1) is 13.4. The van der Waals surface area contributed by atoms with Crippen LogP contribution in [-0.2, 0) is 4.79 Å². The monoisotopic (exact) mass is 275 g/mol. The maximum Gasteiger partial charge on any atom is 0.246 e. The number of rotatable bonds is 2. The van der Waals surface area contributed by atoms with Crippen molar-refractivity contribution in [2.24, 2.45) is 0 Å². The Labute approximate surface area is 124 Å². The summed E-state index contributed by atoms with van der Waals surface area (Å²) < 4.78 is 0. The molecule has 104 valence electrons. The number of hydrogen-bond acceptors (Lipinski definition) is 1. The topological polar surface area (TPSA) is 20.3 Å². The summed E-state index contributed by atoms with van der Waals surface area (Å²) in [7, 11) is 3.52. The van der Waals surface area contributed by atoms with Gasteiger partial charge in [0.25, 0.3) is 0 Å².